The first-order valence-electron chi connectivity index (χ1n) is 11.3. The Balaban J connectivity index is 1.83. The molecule has 0 bridgehead atoms. The molecule has 0 aliphatic carbocycles. The van der Waals surface area contributed by atoms with E-state index in [9.17, 15) is 13.2 Å². The number of carbonyl (C=O) groups excluding carboxylic acids is 1. The zero-order valence-corrected chi connectivity index (χ0v) is 20.3. The van der Waals surface area contributed by atoms with Crippen LogP contribution in [-0.4, -0.2) is 63.3 Å². The standard InChI is InChI=1S/C25H32N4O3S/c1-19(2)17-24(25(30)27-12-11-26)22-6-4-5-21(18-22)20-7-9-23(10-8-20)33(31,32)29-15-13-28(3)14-16-29/h4-10,18-19,24H,12-17H2,1-3H3,(H,27,30). The van der Waals surface area contributed by atoms with Crippen LogP contribution in [0.5, 0.6) is 0 Å². The van der Waals surface area contributed by atoms with Crippen molar-refractivity contribution in [1.29, 1.82) is 5.26 Å². The van der Waals surface area contributed by atoms with Crippen LogP contribution in [0.25, 0.3) is 11.1 Å². The molecule has 0 radical (unpaired) electrons. The zero-order valence-electron chi connectivity index (χ0n) is 19.5. The molecule has 3 rings (SSSR count). The fraction of sp³-hybridized carbons (Fsp3) is 0.440. The van der Waals surface area contributed by atoms with Crippen LogP contribution in [0.3, 0.4) is 0 Å². The number of nitrogens with one attached hydrogen (secondary N) is 1. The van der Waals surface area contributed by atoms with Crippen molar-refractivity contribution in [2.45, 2.75) is 31.1 Å². The molecule has 1 heterocycles. The molecule has 1 saturated heterocycles. The van der Waals surface area contributed by atoms with E-state index < -0.39 is 10.0 Å². The predicted octanol–water partition coefficient (Wildman–Crippen LogP) is 3.06. The Kier molecular flexibility index (Phi) is 8.25. The summed E-state index contributed by atoms with van der Waals surface area (Å²) in [7, 11) is -1.52. The number of nitriles is 1. The van der Waals surface area contributed by atoms with E-state index >= 15 is 0 Å². The molecule has 0 spiro atoms. The smallest absolute Gasteiger partial charge is 0.243 e. The van der Waals surface area contributed by atoms with Crippen molar-refractivity contribution in [1.82, 2.24) is 14.5 Å². The maximum Gasteiger partial charge on any atom is 0.243 e. The van der Waals surface area contributed by atoms with Crippen molar-refractivity contribution in [2.75, 3.05) is 39.8 Å². The summed E-state index contributed by atoms with van der Waals surface area (Å²) >= 11 is 0. The van der Waals surface area contributed by atoms with Gasteiger partial charge >= 0.3 is 0 Å². The average Bonchev–Trinajstić information content (AvgIpc) is 2.81. The quantitative estimate of drug-likeness (QED) is 0.601. The zero-order chi connectivity index (χ0) is 24.0. The Morgan fingerprint density at radius 3 is 2.33 bits per heavy atom. The number of rotatable bonds is 8. The van der Waals surface area contributed by atoms with Crippen LogP contribution in [0, 0.1) is 17.2 Å². The number of sulfonamides is 1. The van der Waals surface area contributed by atoms with E-state index in [1.54, 1.807) is 16.4 Å². The maximum atomic E-state index is 13.0. The number of likely N-dealkylation sites (N-methyl/N-ethyl adjacent to an activating group) is 1. The van der Waals surface area contributed by atoms with E-state index in [0.29, 0.717) is 30.3 Å². The minimum atomic E-state index is -3.51. The Morgan fingerprint density at radius 2 is 1.73 bits per heavy atom. The third-order valence-corrected chi connectivity index (χ3v) is 7.85. The summed E-state index contributed by atoms with van der Waals surface area (Å²) in [6.07, 6.45) is 0.670. The molecule has 33 heavy (non-hydrogen) atoms. The van der Waals surface area contributed by atoms with Gasteiger partial charge in [-0.3, -0.25) is 4.79 Å². The Morgan fingerprint density at radius 1 is 1.06 bits per heavy atom. The second-order valence-electron chi connectivity index (χ2n) is 8.92. The highest BCUT2D eigenvalue weighted by Gasteiger charge is 2.27. The molecule has 1 fully saturated rings. The van der Waals surface area contributed by atoms with Crippen LogP contribution >= 0.6 is 0 Å². The molecule has 1 aliphatic rings. The van der Waals surface area contributed by atoms with Gasteiger partial charge in [-0.25, -0.2) is 8.42 Å². The Hall–Kier alpha value is -2.73. The summed E-state index contributed by atoms with van der Waals surface area (Å²) in [5, 5.41) is 11.5. The Bertz CT molecular complexity index is 1100. The van der Waals surface area contributed by atoms with Gasteiger partial charge in [-0.05, 0) is 48.2 Å². The van der Waals surface area contributed by atoms with Crippen LogP contribution in [0.15, 0.2) is 53.4 Å². The lowest BCUT2D eigenvalue weighted by Crippen LogP contribution is -2.46. The lowest BCUT2D eigenvalue weighted by molar-refractivity contribution is -0.122. The number of hydrogen-bond acceptors (Lipinski definition) is 5. The summed E-state index contributed by atoms with van der Waals surface area (Å²) in [6, 6.07) is 16.6. The number of piperazine rings is 1. The minimum Gasteiger partial charge on any atom is -0.342 e. The van der Waals surface area contributed by atoms with E-state index in [4.69, 9.17) is 5.26 Å². The monoisotopic (exact) mass is 468 g/mol. The predicted molar refractivity (Wildman–Crippen MR) is 129 cm³/mol. The molecule has 0 saturated carbocycles. The summed E-state index contributed by atoms with van der Waals surface area (Å²) in [5.41, 5.74) is 2.68. The van der Waals surface area contributed by atoms with Gasteiger partial charge in [0.25, 0.3) is 0 Å². The van der Waals surface area contributed by atoms with Gasteiger partial charge in [0.2, 0.25) is 15.9 Å². The van der Waals surface area contributed by atoms with E-state index in [2.05, 4.69) is 24.1 Å². The summed E-state index contributed by atoms with van der Waals surface area (Å²) < 4.78 is 27.5. The van der Waals surface area contributed by atoms with Crippen LogP contribution < -0.4 is 5.32 Å². The summed E-state index contributed by atoms with van der Waals surface area (Å²) in [6.45, 7) is 6.55. The molecule has 176 valence electrons. The van der Waals surface area contributed by atoms with Gasteiger partial charge < -0.3 is 10.2 Å². The molecule has 0 aromatic heterocycles. The van der Waals surface area contributed by atoms with Crippen LogP contribution in [0.2, 0.25) is 0 Å². The molecule has 7 nitrogen and oxygen atoms in total. The van der Waals surface area contributed by atoms with Crippen molar-refractivity contribution in [3.8, 4) is 17.2 Å². The largest absolute Gasteiger partial charge is 0.342 e. The van der Waals surface area contributed by atoms with Crippen molar-refractivity contribution in [3.63, 3.8) is 0 Å². The number of carbonyl (C=O) groups is 1. The molecule has 1 unspecified atom stereocenters. The maximum absolute atomic E-state index is 13.0. The van der Waals surface area contributed by atoms with Gasteiger partial charge in [-0.2, -0.15) is 9.57 Å². The van der Waals surface area contributed by atoms with Crippen molar-refractivity contribution in [2.24, 2.45) is 5.92 Å². The third kappa shape index (κ3) is 6.20. The third-order valence-electron chi connectivity index (χ3n) is 5.94. The first-order valence-corrected chi connectivity index (χ1v) is 12.7. The summed E-state index contributed by atoms with van der Waals surface area (Å²) in [4.78, 5) is 15.1. The normalized spacial score (nSPS) is 16.3. The molecule has 8 heteroatoms. The molecule has 1 aliphatic heterocycles. The highest BCUT2D eigenvalue weighted by molar-refractivity contribution is 7.89. The lowest BCUT2D eigenvalue weighted by Gasteiger charge is -2.31. The van der Waals surface area contributed by atoms with E-state index in [1.165, 1.54) is 0 Å². The Labute approximate surface area is 197 Å². The number of hydrogen-bond donors (Lipinski definition) is 1. The fourth-order valence-corrected chi connectivity index (χ4v) is 5.47. The fourth-order valence-electron chi connectivity index (χ4n) is 4.05. The molecule has 2 aromatic rings. The van der Waals surface area contributed by atoms with Gasteiger partial charge in [0, 0.05) is 26.2 Å². The lowest BCUT2D eigenvalue weighted by atomic mass is 9.88. The van der Waals surface area contributed by atoms with Crippen LogP contribution in [0.1, 0.15) is 31.7 Å². The highest BCUT2D eigenvalue weighted by Crippen LogP contribution is 2.29. The average molecular weight is 469 g/mol. The minimum absolute atomic E-state index is 0.0175. The molecular formula is C25H32N4O3S. The topological polar surface area (TPSA) is 93.5 Å². The number of nitrogens with zero attached hydrogens (tertiary/aromatic N) is 3. The van der Waals surface area contributed by atoms with E-state index in [0.717, 1.165) is 29.8 Å². The molecule has 2 aromatic carbocycles. The van der Waals surface area contributed by atoms with E-state index in [-0.39, 0.29) is 18.4 Å². The van der Waals surface area contributed by atoms with Gasteiger partial charge in [0.05, 0.1) is 16.9 Å². The first kappa shape index (κ1) is 24.9. The highest BCUT2D eigenvalue weighted by atomic mass is 32.2. The van der Waals surface area contributed by atoms with Crippen molar-refractivity contribution >= 4 is 15.9 Å². The van der Waals surface area contributed by atoms with Crippen molar-refractivity contribution in [3.05, 3.63) is 54.1 Å². The SMILES string of the molecule is CC(C)CC(C(=O)NCC#N)c1cccc(-c2ccc(S(=O)(=O)N3CCN(C)CC3)cc2)c1. The van der Waals surface area contributed by atoms with Crippen LogP contribution in [0.4, 0.5) is 0 Å². The molecule has 1 atom stereocenters. The van der Waals surface area contributed by atoms with Crippen molar-refractivity contribution < 1.29 is 13.2 Å². The molecule has 1 N–H and O–H groups in total. The first-order chi connectivity index (χ1) is 15.7. The van der Waals surface area contributed by atoms with Gasteiger partial charge in [-0.15, -0.1) is 0 Å². The number of amides is 1. The van der Waals surface area contributed by atoms with Gasteiger partial charge in [0.1, 0.15) is 6.54 Å². The van der Waals surface area contributed by atoms with E-state index in [1.807, 2.05) is 49.5 Å². The van der Waals surface area contributed by atoms with Crippen LogP contribution in [-0.2, 0) is 14.8 Å². The van der Waals surface area contributed by atoms with Gasteiger partial charge in [0.15, 0.2) is 0 Å². The van der Waals surface area contributed by atoms with Gasteiger partial charge in [-0.1, -0.05) is 50.2 Å². The molecule has 1 amide bonds. The summed E-state index contributed by atoms with van der Waals surface area (Å²) in [5.74, 6) is -0.197. The number of benzene rings is 2. The molecular weight excluding hydrogens is 436 g/mol. The second-order valence-corrected chi connectivity index (χ2v) is 10.9. The second kappa shape index (κ2) is 10.9.